The van der Waals surface area contributed by atoms with Crippen molar-refractivity contribution in [2.24, 2.45) is 5.11 Å². The number of benzene rings is 3. The number of hydrogen-bond acceptors (Lipinski definition) is 12. The molecule has 0 atom stereocenters. The summed E-state index contributed by atoms with van der Waals surface area (Å²) in [6.07, 6.45) is 0.262. The zero-order chi connectivity index (χ0) is 39.5. The van der Waals surface area contributed by atoms with Crippen LogP contribution in [-0.4, -0.2) is 150 Å². The molecule has 3 N–H and O–H groups in total. The fourth-order valence-electron chi connectivity index (χ4n) is 6.15. The van der Waals surface area contributed by atoms with Gasteiger partial charge >= 0.3 is 0 Å². The first-order chi connectivity index (χ1) is 28.1. The van der Waals surface area contributed by atoms with Crippen molar-refractivity contribution in [1.82, 2.24) is 30.2 Å². The Bertz CT molecular complexity index is 2020. The number of aromatic nitrogens is 4. The van der Waals surface area contributed by atoms with Gasteiger partial charge in [-0.25, -0.2) is 9.97 Å². The predicted octanol–water partition coefficient (Wildman–Crippen LogP) is 4.80. The van der Waals surface area contributed by atoms with Gasteiger partial charge in [-0.1, -0.05) is 5.11 Å². The summed E-state index contributed by atoms with van der Waals surface area (Å²) < 4.78 is 32.9. The number of ether oxygens (including phenoxy) is 6. The minimum atomic E-state index is -0.0998. The molecule has 0 bridgehead atoms. The number of nitrogens with zero attached hydrogens (tertiary/aromatic N) is 7. The highest BCUT2D eigenvalue weighted by Crippen LogP contribution is 2.29. The molecule has 3 heterocycles. The van der Waals surface area contributed by atoms with Crippen molar-refractivity contribution in [3.8, 4) is 28.5 Å². The maximum absolute atomic E-state index is 12.0. The summed E-state index contributed by atoms with van der Waals surface area (Å²) in [7, 11) is 2.17. The van der Waals surface area contributed by atoms with Gasteiger partial charge in [0.15, 0.2) is 0 Å². The molecule has 2 aromatic heterocycles. The highest BCUT2D eigenvalue weighted by molar-refractivity contribution is 5.87. The number of azide groups is 1. The van der Waals surface area contributed by atoms with E-state index in [0.717, 1.165) is 76.8 Å². The molecule has 1 saturated heterocycles. The number of aromatic amines is 2. The molecule has 0 saturated carbocycles. The van der Waals surface area contributed by atoms with E-state index < -0.39 is 0 Å². The highest BCUT2D eigenvalue weighted by Gasteiger charge is 2.16. The second-order valence-electron chi connectivity index (χ2n) is 13.4. The van der Waals surface area contributed by atoms with Crippen LogP contribution in [0.25, 0.3) is 55.3 Å². The SMILES string of the molecule is CN1CCN(c2ccc3nc(-c4ccc5nc(-c6ccc(OCCOCCNC(=O)CCOCCOCCOCCOCCN=[N+]=[N-])cc6)[nH]c5c4)[nH]c3c2)CC1. The van der Waals surface area contributed by atoms with Gasteiger partial charge in [-0.15, -0.1) is 0 Å². The van der Waals surface area contributed by atoms with Gasteiger partial charge in [0.2, 0.25) is 5.91 Å². The summed E-state index contributed by atoms with van der Waals surface area (Å²) in [5.41, 5.74) is 15.1. The van der Waals surface area contributed by atoms with Crippen LogP contribution in [0.15, 0.2) is 65.8 Å². The molecule has 0 aliphatic carbocycles. The molecule has 0 unspecified atom stereocenters. The predicted molar refractivity (Wildman–Crippen MR) is 218 cm³/mol. The highest BCUT2D eigenvalue weighted by atomic mass is 16.6. The average Bonchev–Trinajstić information content (AvgIpc) is 3.87. The topological polar surface area (TPSA) is 197 Å². The maximum atomic E-state index is 12.0. The molecule has 1 aliphatic heterocycles. The molecule has 1 fully saturated rings. The fourth-order valence-corrected chi connectivity index (χ4v) is 6.15. The monoisotopic (exact) mass is 784 g/mol. The Kier molecular flexibility index (Phi) is 16.3. The molecule has 1 aliphatic rings. The minimum absolute atomic E-state index is 0.0998. The Morgan fingerprint density at radius 2 is 1.30 bits per heavy atom. The van der Waals surface area contributed by atoms with Gasteiger partial charge in [0.25, 0.3) is 0 Å². The largest absolute Gasteiger partial charge is 0.491 e. The first-order valence-electron chi connectivity index (χ1n) is 19.4. The summed E-state index contributed by atoms with van der Waals surface area (Å²) in [5, 5.41) is 6.20. The normalized spacial score (nSPS) is 13.3. The number of carbonyl (C=O) groups is 1. The van der Waals surface area contributed by atoms with Crippen molar-refractivity contribution in [2.45, 2.75) is 6.42 Å². The van der Waals surface area contributed by atoms with Crippen molar-refractivity contribution >= 4 is 33.7 Å². The van der Waals surface area contributed by atoms with Crippen LogP contribution in [0.2, 0.25) is 0 Å². The summed E-state index contributed by atoms with van der Waals surface area (Å²) in [4.78, 5) is 36.2. The lowest BCUT2D eigenvalue weighted by molar-refractivity contribution is -0.122. The number of piperazine rings is 1. The van der Waals surface area contributed by atoms with E-state index in [4.69, 9.17) is 43.9 Å². The Balaban J connectivity index is 0.814. The molecule has 17 heteroatoms. The molecule has 6 rings (SSSR count). The van der Waals surface area contributed by atoms with E-state index in [0.29, 0.717) is 85.8 Å². The van der Waals surface area contributed by atoms with E-state index in [1.165, 1.54) is 5.69 Å². The van der Waals surface area contributed by atoms with Gasteiger partial charge in [-0.3, -0.25) is 4.79 Å². The van der Waals surface area contributed by atoms with Crippen LogP contribution < -0.4 is 15.0 Å². The van der Waals surface area contributed by atoms with Crippen LogP contribution in [-0.2, 0) is 28.5 Å². The van der Waals surface area contributed by atoms with E-state index in [1.807, 2.05) is 30.3 Å². The van der Waals surface area contributed by atoms with Crippen molar-refractivity contribution in [1.29, 1.82) is 0 Å². The van der Waals surface area contributed by atoms with E-state index in [-0.39, 0.29) is 12.3 Å². The number of carbonyl (C=O) groups excluding carboxylic acids is 1. The second-order valence-corrected chi connectivity index (χ2v) is 13.4. The smallest absolute Gasteiger partial charge is 0.222 e. The zero-order valence-electron chi connectivity index (χ0n) is 32.5. The number of fused-ring (bicyclic) bond motifs is 2. The quantitative estimate of drug-likeness (QED) is 0.0318. The number of rotatable bonds is 25. The van der Waals surface area contributed by atoms with Gasteiger partial charge < -0.3 is 53.5 Å². The Morgan fingerprint density at radius 1 is 0.719 bits per heavy atom. The summed E-state index contributed by atoms with van der Waals surface area (Å²) in [5.74, 6) is 2.24. The number of anilines is 1. The lowest BCUT2D eigenvalue weighted by Gasteiger charge is -2.34. The van der Waals surface area contributed by atoms with E-state index in [1.54, 1.807) is 0 Å². The maximum Gasteiger partial charge on any atom is 0.222 e. The molecule has 1 amide bonds. The van der Waals surface area contributed by atoms with E-state index in [2.05, 4.69) is 72.5 Å². The van der Waals surface area contributed by atoms with Gasteiger partial charge in [-0.2, -0.15) is 0 Å². The molecule has 0 radical (unpaired) electrons. The number of likely N-dealkylation sites (N-methyl/N-ethyl adjacent to an activating group) is 1. The molecular formula is C40H52N10O7. The van der Waals surface area contributed by atoms with Crippen LogP contribution in [0, 0.1) is 0 Å². The fraction of sp³-hybridized carbons (Fsp3) is 0.475. The summed E-state index contributed by atoms with van der Waals surface area (Å²) >= 11 is 0. The second kappa shape index (κ2) is 22.5. The minimum Gasteiger partial charge on any atom is -0.491 e. The van der Waals surface area contributed by atoms with Crippen molar-refractivity contribution in [2.75, 3.05) is 124 Å². The molecule has 0 spiro atoms. The first kappa shape index (κ1) is 41.4. The van der Waals surface area contributed by atoms with Crippen molar-refractivity contribution in [3.63, 3.8) is 0 Å². The first-order valence-corrected chi connectivity index (χ1v) is 19.4. The summed E-state index contributed by atoms with van der Waals surface area (Å²) in [6.45, 7) is 9.32. The molecule has 17 nitrogen and oxygen atoms in total. The standard InChI is InChI=1S/C40H52N10O7/c1-49-13-15-50(16-14-49)32-5-9-35-37(29-32)47-40(45-35)31-4-8-34-36(28-31)46-39(44-34)30-2-6-33(7-3-30)57-27-26-53-18-11-42-38(51)10-17-52-20-22-55-24-25-56-23-21-54-19-12-43-48-41/h2-9,28-29H,10-27H2,1H3,(H,42,51)(H,44,46)(H,45,47). The molecular weight excluding hydrogens is 733 g/mol. The molecule has 57 heavy (non-hydrogen) atoms. The van der Waals surface area contributed by atoms with E-state index in [9.17, 15) is 4.79 Å². The zero-order valence-corrected chi connectivity index (χ0v) is 32.5. The van der Waals surface area contributed by atoms with Crippen LogP contribution in [0.1, 0.15) is 6.42 Å². The Hall–Kier alpha value is -5.26. The molecule has 5 aromatic rings. The van der Waals surface area contributed by atoms with Crippen molar-refractivity contribution < 1.29 is 33.2 Å². The molecule has 3 aromatic carbocycles. The Labute approximate surface area is 331 Å². The van der Waals surface area contributed by atoms with Gasteiger partial charge in [-0.05, 0) is 73.2 Å². The van der Waals surface area contributed by atoms with Crippen LogP contribution >= 0.6 is 0 Å². The third-order valence-electron chi connectivity index (χ3n) is 9.27. The summed E-state index contributed by atoms with van der Waals surface area (Å²) in [6, 6.07) is 20.4. The average molecular weight is 785 g/mol. The van der Waals surface area contributed by atoms with Crippen molar-refractivity contribution in [3.05, 3.63) is 71.1 Å². The van der Waals surface area contributed by atoms with Crippen LogP contribution in [0.4, 0.5) is 5.69 Å². The molecule has 304 valence electrons. The number of imidazole rings is 2. The van der Waals surface area contributed by atoms with Gasteiger partial charge in [0, 0.05) is 67.4 Å². The number of H-pyrrole nitrogens is 2. The number of amides is 1. The van der Waals surface area contributed by atoms with Gasteiger partial charge in [0.05, 0.1) is 88.1 Å². The lowest BCUT2D eigenvalue weighted by atomic mass is 10.2. The number of hydrogen-bond donors (Lipinski definition) is 3. The van der Waals surface area contributed by atoms with E-state index >= 15 is 0 Å². The number of nitrogens with one attached hydrogen (secondary N) is 3. The lowest BCUT2D eigenvalue weighted by Crippen LogP contribution is -2.44. The Morgan fingerprint density at radius 3 is 2.00 bits per heavy atom. The third-order valence-corrected chi connectivity index (χ3v) is 9.27. The third kappa shape index (κ3) is 13.2. The van der Waals surface area contributed by atoms with Gasteiger partial charge in [0.1, 0.15) is 24.0 Å². The van der Waals surface area contributed by atoms with Crippen LogP contribution in [0.5, 0.6) is 5.75 Å². The van der Waals surface area contributed by atoms with Crippen LogP contribution in [0.3, 0.4) is 0 Å².